The molecular weight excluding hydrogens is 204 g/mol. The SMILES string of the molecule is C=CCC(=CC)C(C)(C)C(C)(C)C(C)=C(C)C. The van der Waals surface area contributed by atoms with Crippen LogP contribution in [-0.4, -0.2) is 0 Å². The Hall–Kier alpha value is -0.780. The van der Waals surface area contributed by atoms with Crippen molar-refractivity contribution in [3.63, 3.8) is 0 Å². The molecule has 0 aromatic heterocycles. The molecule has 0 nitrogen and oxygen atoms in total. The van der Waals surface area contributed by atoms with Gasteiger partial charge >= 0.3 is 0 Å². The third kappa shape index (κ3) is 3.12. The van der Waals surface area contributed by atoms with Gasteiger partial charge in [0.15, 0.2) is 0 Å². The van der Waals surface area contributed by atoms with E-state index in [1.54, 1.807) is 0 Å². The summed E-state index contributed by atoms with van der Waals surface area (Å²) in [4.78, 5) is 0. The van der Waals surface area contributed by atoms with Gasteiger partial charge < -0.3 is 0 Å². The highest BCUT2D eigenvalue weighted by Crippen LogP contribution is 2.50. The summed E-state index contributed by atoms with van der Waals surface area (Å²) in [5, 5.41) is 0. The van der Waals surface area contributed by atoms with Crippen LogP contribution >= 0.6 is 0 Å². The van der Waals surface area contributed by atoms with Crippen molar-refractivity contribution in [3.8, 4) is 0 Å². The van der Waals surface area contributed by atoms with Crippen LogP contribution in [-0.2, 0) is 0 Å². The Kier molecular flexibility index (Phi) is 5.45. The summed E-state index contributed by atoms with van der Waals surface area (Å²) in [6, 6.07) is 0. The minimum absolute atomic E-state index is 0.150. The molecule has 0 atom stereocenters. The summed E-state index contributed by atoms with van der Waals surface area (Å²) in [6.07, 6.45) is 5.23. The number of hydrogen-bond acceptors (Lipinski definition) is 0. The molecule has 17 heavy (non-hydrogen) atoms. The van der Waals surface area contributed by atoms with Crippen molar-refractivity contribution >= 4 is 0 Å². The zero-order valence-corrected chi connectivity index (χ0v) is 13.1. The van der Waals surface area contributed by atoms with Gasteiger partial charge in [0, 0.05) is 0 Å². The van der Waals surface area contributed by atoms with Gasteiger partial charge in [0.1, 0.15) is 0 Å². The lowest BCUT2D eigenvalue weighted by molar-refractivity contribution is 0.194. The van der Waals surface area contributed by atoms with E-state index in [4.69, 9.17) is 0 Å². The fourth-order valence-corrected chi connectivity index (χ4v) is 2.38. The maximum absolute atomic E-state index is 3.87. The van der Waals surface area contributed by atoms with Crippen LogP contribution in [0.4, 0.5) is 0 Å². The molecule has 0 radical (unpaired) electrons. The van der Waals surface area contributed by atoms with Crippen molar-refractivity contribution in [3.05, 3.63) is 35.5 Å². The first-order chi connectivity index (χ1) is 7.62. The van der Waals surface area contributed by atoms with Gasteiger partial charge in [0.05, 0.1) is 0 Å². The highest BCUT2D eigenvalue weighted by molar-refractivity contribution is 5.27. The molecule has 0 aromatic rings. The molecule has 0 rings (SSSR count). The molecule has 0 fully saturated rings. The molecule has 0 aromatic carbocycles. The highest BCUT2D eigenvalue weighted by atomic mass is 14.4. The third-order valence-corrected chi connectivity index (χ3v) is 4.77. The van der Waals surface area contributed by atoms with E-state index in [0.717, 1.165) is 6.42 Å². The third-order valence-electron chi connectivity index (χ3n) is 4.77. The van der Waals surface area contributed by atoms with Crippen LogP contribution in [0.15, 0.2) is 35.5 Å². The van der Waals surface area contributed by atoms with Crippen LogP contribution in [0.2, 0.25) is 0 Å². The van der Waals surface area contributed by atoms with Crippen LogP contribution < -0.4 is 0 Å². The van der Waals surface area contributed by atoms with Crippen molar-refractivity contribution in [2.75, 3.05) is 0 Å². The second-order valence-corrected chi connectivity index (χ2v) is 6.18. The summed E-state index contributed by atoms with van der Waals surface area (Å²) < 4.78 is 0. The second-order valence-electron chi connectivity index (χ2n) is 6.18. The minimum Gasteiger partial charge on any atom is -0.103 e. The van der Waals surface area contributed by atoms with Gasteiger partial charge in [-0.25, -0.2) is 0 Å². The predicted octanol–water partition coefficient (Wildman–Crippen LogP) is 5.92. The van der Waals surface area contributed by atoms with Crippen LogP contribution in [0.5, 0.6) is 0 Å². The summed E-state index contributed by atoms with van der Waals surface area (Å²) in [6.45, 7) is 22.1. The number of rotatable bonds is 5. The molecule has 98 valence electrons. The van der Waals surface area contributed by atoms with Crippen LogP contribution in [0.25, 0.3) is 0 Å². The zero-order chi connectivity index (χ0) is 13.9. The smallest absolute Gasteiger partial charge is 0.00534 e. The van der Waals surface area contributed by atoms with Crippen molar-refractivity contribution in [1.29, 1.82) is 0 Å². The van der Waals surface area contributed by atoms with E-state index in [-0.39, 0.29) is 10.8 Å². The average molecular weight is 234 g/mol. The van der Waals surface area contributed by atoms with Crippen LogP contribution in [0.1, 0.15) is 61.8 Å². The van der Waals surface area contributed by atoms with E-state index in [1.165, 1.54) is 16.7 Å². The lowest BCUT2D eigenvalue weighted by Gasteiger charge is -2.45. The summed E-state index contributed by atoms with van der Waals surface area (Å²) in [5.74, 6) is 0. The maximum Gasteiger partial charge on any atom is -0.00534 e. The normalized spacial score (nSPS) is 13.5. The molecule has 0 heterocycles. The van der Waals surface area contributed by atoms with E-state index in [0.29, 0.717) is 0 Å². The van der Waals surface area contributed by atoms with Gasteiger partial charge in [0.2, 0.25) is 0 Å². The first kappa shape index (κ1) is 16.2. The number of allylic oxidation sites excluding steroid dienone is 5. The Bertz CT molecular complexity index is 331. The fraction of sp³-hybridized carbons (Fsp3) is 0.647. The summed E-state index contributed by atoms with van der Waals surface area (Å²) in [7, 11) is 0. The van der Waals surface area contributed by atoms with E-state index < -0.39 is 0 Å². The topological polar surface area (TPSA) is 0 Å². The van der Waals surface area contributed by atoms with Crippen molar-refractivity contribution in [1.82, 2.24) is 0 Å². The fourth-order valence-electron chi connectivity index (χ4n) is 2.38. The molecule has 0 N–H and O–H groups in total. The molecule has 0 bridgehead atoms. The van der Waals surface area contributed by atoms with Gasteiger partial charge in [-0.2, -0.15) is 0 Å². The molecular formula is C17H30. The van der Waals surface area contributed by atoms with Crippen LogP contribution in [0.3, 0.4) is 0 Å². The Morgan fingerprint density at radius 2 is 1.47 bits per heavy atom. The van der Waals surface area contributed by atoms with E-state index in [2.05, 4.69) is 68.0 Å². The molecule has 0 amide bonds. The second kappa shape index (κ2) is 5.71. The first-order valence-electron chi connectivity index (χ1n) is 6.54. The Balaban J connectivity index is 5.59. The minimum atomic E-state index is 0.150. The van der Waals surface area contributed by atoms with E-state index in [1.807, 2.05) is 6.08 Å². The predicted molar refractivity (Wildman–Crippen MR) is 80.2 cm³/mol. The Morgan fingerprint density at radius 1 is 1.00 bits per heavy atom. The van der Waals surface area contributed by atoms with Gasteiger partial charge in [-0.05, 0) is 44.9 Å². The van der Waals surface area contributed by atoms with Gasteiger partial charge in [-0.1, -0.05) is 56.6 Å². The molecule has 0 heteroatoms. The Labute approximate surface area is 109 Å². The standard InChI is InChI=1S/C17H30/c1-10-12-15(11-2)17(8,9)16(6,7)14(5)13(3)4/h10-11H,1,12H2,2-9H3. The molecule has 0 unspecified atom stereocenters. The molecule has 0 spiro atoms. The monoisotopic (exact) mass is 234 g/mol. The largest absolute Gasteiger partial charge is 0.103 e. The average Bonchev–Trinajstić information content (AvgIpc) is 2.23. The van der Waals surface area contributed by atoms with Gasteiger partial charge in [-0.3, -0.25) is 0 Å². The van der Waals surface area contributed by atoms with Crippen molar-refractivity contribution < 1.29 is 0 Å². The van der Waals surface area contributed by atoms with E-state index in [9.17, 15) is 0 Å². The summed E-state index contributed by atoms with van der Waals surface area (Å²) >= 11 is 0. The highest BCUT2D eigenvalue weighted by Gasteiger charge is 2.40. The zero-order valence-electron chi connectivity index (χ0n) is 13.1. The molecule has 0 aliphatic heterocycles. The van der Waals surface area contributed by atoms with Crippen molar-refractivity contribution in [2.45, 2.75) is 61.8 Å². The molecule has 0 saturated heterocycles. The lowest BCUT2D eigenvalue weighted by Crippen LogP contribution is -2.35. The van der Waals surface area contributed by atoms with Crippen LogP contribution in [0, 0.1) is 10.8 Å². The Morgan fingerprint density at radius 3 is 1.76 bits per heavy atom. The van der Waals surface area contributed by atoms with Crippen molar-refractivity contribution in [2.24, 2.45) is 10.8 Å². The quantitative estimate of drug-likeness (QED) is 0.518. The summed E-state index contributed by atoms with van der Waals surface area (Å²) in [5.41, 5.74) is 4.70. The first-order valence-corrected chi connectivity index (χ1v) is 6.54. The molecule has 0 aliphatic rings. The molecule has 0 aliphatic carbocycles. The number of hydrogen-bond donors (Lipinski definition) is 0. The van der Waals surface area contributed by atoms with E-state index >= 15 is 0 Å². The maximum atomic E-state index is 3.87. The molecule has 0 saturated carbocycles. The van der Waals surface area contributed by atoms with Gasteiger partial charge in [0.25, 0.3) is 0 Å². The lowest BCUT2D eigenvalue weighted by atomic mass is 9.59. The van der Waals surface area contributed by atoms with Gasteiger partial charge in [-0.15, -0.1) is 6.58 Å².